The number of likely N-dealkylation sites (N-methyl/N-ethyl adjacent to an activating group) is 2. The van der Waals surface area contributed by atoms with E-state index >= 15 is 0 Å². The largest absolute Gasteiger partial charge is 0.342 e. The van der Waals surface area contributed by atoms with E-state index in [-0.39, 0.29) is 11.9 Å². The molecule has 1 aromatic carbocycles. The quantitative estimate of drug-likeness (QED) is 0.763. The Bertz CT molecular complexity index is 619. The molecule has 0 saturated heterocycles. The molecule has 2 aromatic rings. The van der Waals surface area contributed by atoms with Gasteiger partial charge in [-0.2, -0.15) is 0 Å². The van der Waals surface area contributed by atoms with Crippen molar-refractivity contribution in [2.75, 3.05) is 20.1 Å². The summed E-state index contributed by atoms with van der Waals surface area (Å²) in [6.07, 6.45) is 0. The molecular weight excluding hydrogens is 304 g/mol. The van der Waals surface area contributed by atoms with Crippen LogP contribution in [0.25, 0.3) is 0 Å². The zero-order valence-electron chi connectivity index (χ0n) is 14.5. The second-order valence-electron chi connectivity index (χ2n) is 5.77. The molecule has 4 heteroatoms. The van der Waals surface area contributed by atoms with E-state index in [1.54, 1.807) is 11.3 Å². The summed E-state index contributed by atoms with van der Waals surface area (Å²) >= 11 is 1.76. The summed E-state index contributed by atoms with van der Waals surface area (Å²) in [5.41, 5.74) is 2.35. The van der Waals surface area contributed by atoms with Gasteiger partial charge in [-0.3, -0.25) is 9.69 Å². The molecule has 1 amide bonds. The average Bonchev–Trinajstić information content (AvgIpc) is 2.95. The van der Waals surface area contributed by atoms with Crippen LogP contribution in [0.3, 0.4) is 0 Å². The third-order valence-electron chi connectivity index (χ3n) is 4.23. The first-order valence-electron chi connectivity index (χ1n) is 8.15. The number of aryl methyl sites for hydroxylation is 1. The van der Waals surface area contributed by atoms with Gasteiger partial charge in [-0.1, -0.05) is 30.3 Å². The molecule has 0 spiro atoms. The van der Waals surface area contributed by atoms with Crippen molar-refractivity contribution in [1.82, 2.24) is 9.80 Å². The minimum Gasteiger partial charge on any atom is -0.342 e. The van der Waals surface area contributed by atoms with Gasteiger partial charge in [0, 0.05) is 24.5 Å². The van der Waals surface area contributed by atoms with Crippen LogP contribution in [-0.2, 0) is 11.3 Å². The number of rotatable bonds is 7. The maximum absolute atomic E-state index is 13.0. The third-order valence-corrected chi connectivity index (χ3v) is 5.23. The lowest BCUT2D eigenvalue weighted by Gasteiger charge is -2.32. The number of carbonyl (C=O) groups is 1. The summed E-state index contributed by atoms with van der Waals surface area (Å²) in [4.78, 5) is 18.4. The molecule has 1 heterocycles. The van der Waals surface area contributed by atoms with Crippen LogP contribution in [0.2, 0.25) is 0 Å². The van der Waals surface area contributed by atoms with Gasteiger partial charge in [-0.25, -0.2) is 0 Å². The molecular formula is C19H26N2OS. The normalized spacial score (nSPS) is 12.4. The van der Waals surface area contributed by atoms with Gasteiger partial charge in [0.1, 0.15) is 6.04 Å². The number of benzene rings is 1. The molecule has 0 saturated carbocycles. The van der Waals surface area contributed by atoms with Gasteiger partial charge < -0.3 is 4.90 Å². The van der Waals surface area contributed by atoms with Crippen LogP contribution in [0, 0.1) is 6.92 Å². The summed E-state index contributed by atoms with van der Waals surface area (Å²) in [5, 5.41) is 2.11. The van der Waals surface area contributed by atoms with E-state index in [4.69, 9.17) is 0 Å². The average molecular weight is 330 g/mol. The second-order valence-corrected chi connectivity index (χ2v) is 6.77. The summed E-state index contributed by atoms with van der Waals surface area (Å²) < 4.78 is 0. The molecule has 23 heavy (non-hydrogen) atoms. The Balaban J connectivity index is 2.29. The zero-order chi connectivity index (χ0) is 16.8. The standard InChI is InChI=1S/C19H26N2OS/c1-5-21(6-2)19(22)18(16-10-8-7-9-11-16)20(4)14-17-15(3)12-13-23-17/h7-13,18H,5-6,14H2,1-4H3. The van der Waals surface area contributed by atoms with Crippen molar-refractivity contribution in [1.29, 1.82) is 0 Å². The van der Waals surface area contributed by atoms with Gasteiger partial charge in [0.05, 0.1) is 0 Å². The number of nitrogens with zero attached hydrogens (tertiary/aromatic N) is 2. The first kappa shape index (κ1) is 17.7. The lowest BCUT2D eigenvalue weighted by atomic mass is 10.0. The highest BCUT2D eigenvalue weighted by Gasteiger charge is 2.28. The molecule has 2 rings (SSSR count). The lowest BCUT2D eigenvalue weighted by Crippen LogP contribution is -2.41. The number of hydrogen-bond acceptors (Lipinski definition) is 3. The van der Waals surface area contributed by atoms with E-state index in [0.29, 0.717) is 0 Å². The van der Waals surface area contributed by atoms with Crippen molar-refractivity contribution in [2.24, 2.45) is 0 Å². The topological polar surface area (TPSA) is 23.6 Å². The fraction of sp³-hybridized carbons (Fsp3) is 0.421. The van der Waals surface area contributed by atoms with Crippen LogP contribution in [0.1, 0.15) is 35.9 Å². The van der Waals surface area contributed by atoms with Gasteiger partial charge in [0.15, 0.2) is 0 Å². The van der Waals surface area contributed by atoms with E-state index in [2.05, 4.69) is 23.3 Å². The molecule has 0 bridgehead atoms. The Morgan fingerprint density at radius 3 is 2.30 bits per heavy atom. The van der Waals surface area contributed by atoms with Crippen molar-refractivity contribution < 1.29 is 4.79 Å². The second kappa shape index (κ2) is 8.27. The van der Waals surface area contributed by atoms with E-state index in [1.807, 2.05) is 56.1 Å². The van der Waals surface area contributed by atoms with Gasteiger partial charge >= 0.3 is 0 Å². The molecule has 0 aliphatic heterocycles. The summed E-state index contributed by atoms with van der Waals surface area (Å²) in [6, 6.07) is 12.0. The van der Waals surface area contributed by atoms with Crippen LogP contribution in [0.5, 0.6) is 0 Å². The van der Waals surface area contributed by atoms with Gasteiger partial charge in [-0.05, 0) is 50.4 Å². The third kappa shape index (κ3) is 4.21. The zero-order valence-corrected chi connectivity index (χ0v) is 15.3. The SMILES string of the molecule is CCN(CC)C(=O)C(c1ccccc1)N(C)Cc1sccc1C. The highest BCUT2D eigenvalue weighted by Crippen LogP contribution is 2.26. The minimum atomic E-state index is -0.238. The fourth-order valence-corrected chi connectivity index (χ4v) is 3.78. The van der Waals surface area contributed by atoms with Crippen molar-refractivity contribution >= 4 is 17.2 Å². The molecule has 0 N–H and O–H groups in total. The predicted octanol–water partition coefficient (Wildman–Crippen LogP) is 4.10. The van der Waals surface area contributed by atoms with E-state index in [1.165, 1.54) is 10.4 Å². The fourth-order valence-electron chi connectivity index (χ4n) is 2.81. The Kier molecular flexibility index (Phi) is 6.37. The van der Waals surface area contributed by atoms with Crippen molar-refractivity contribution in [3.63, 3.8) is 0 Å². The lowest BCUT2D eigenvalue weighted by molar-refractivity contribution is -0.136. The number of amides is 1. The van der Waals surface area contributed by atoms with E-state index < -0.39 is 0 Å². The van der Waals surface area contributed by atoms with Gasteiger partial charge in [0.25, 0.3) is 0 Å². The monoisotopic (exact) mass is 330 g/mol. The number of hydrogen-bond donors (Lipinski definition) is 0. The van der Waals surface area contributed by atoms with Crippen molar-refractivity contribution in [2.45, 2.75) is 33.4 Å². The molecule has 0 aliphatic carbocycles. The van der Waals surface area contributed by atoms with E-state index in [9.17, 15) is 4.79 Å². The van der Waals surface area contributed by atoms with Crippen LogP contribution in [0.4, 0.5) is 0 Å². The molecule has 3 nitrogen and oxygen atoms in total. The van der Waals surface area contributed by atoms with Crippen molar-refractivity contribution in [3.8, 4) is 0 Å². The number of thiophene rings is 1. The Labute approximate surface area is 143 Å². The Morgan fingerprint density at radius 1 is 1.13 bits per heavy atom. The molecule has 0 aliphatic rings. The molecule has 0 fully saturated rings. The Hall–Kier alpha value is -1.65. The molecule has 1 unspecified atom stereocenters. The van der Waals surface area contributed by atoms with Gasteiger partial charge in [-0.15, -0.1) is 11.3 Å². The van der Waals surface area contributed by atoms with Crippen LogP contribution in [-0.4, -0.2) is 35.8 Å². The highest BCUT2D eigenvalue weighted by molar-refractivity contribution is 7.10. The van der Waals surface area contributed by atoms with Crippen molar-refractivity contribution in [3.05, 3.63) is 57.8 Å². The maximum atomic E-state index is 13.0. The maximum Gasteiger partial charge on any atom is 0.244 e. The molecule has 1 aromatic heterocycles. The molecule has 124 valence electrons. The van der Waals surface area contributed by atoms with Crippen LogP contribution in [0.15, 0.2) is 41.8 Å². The van der Waals surface area contributed by atoms with E-state index in [0.717, 1.165) is 25.2 Å². The molecule has 1 atom stereocenters. The predicted molar refractivity (Wildman–Crippen MR) is 97.6 cm³/mol. The highest BCUT2D eigenvalue weighted by atomic mass is 32.1. The van der Waals surface area contributed by atoms with Crippen LogP contribution < -0.4 is 0 Å². The van der Waals surface area contributed by atoms with Crippen LogP contribution >= 0.6 is 11.3 Å². The molecule has 0 radical (unpaired) electrons. The Morgan fingerprint density at radius 2 is 1.78 bits per heavy atom. The first-order valence-corrected chi connectivity index (χ1v) is 9.03. The smallest absolute Gasteiger partial charge is 0.244 e. The summed E-state index contributed by atoms with van der Waals surface area (Å²) in [5.74, 6) is 0.179. The van der Waals surface area contributed by atoms with Gasteiger partial charge in [0.2, 0.25) is 5.91 Å². The first-order chi connectivity index (χ1) is 11.1. The summed E-state index contributed by atoms with van der Waals surface area (Å²) in [7, 11) is 2.04. The number of carbonyl (C=O) groups excluding carboxylic acids is 1. The minimum absolute atomic E-state index is 0.179. The summed E-state index contributed by atoms with van der Waals surface area (Å²) in [6.45, 7) is 8.47.